The monoisotopic (exact) mass is 265 g/mol. The zero-order valence-electron chi connectivity index (χ0n) is 9.42. The van der Waals surface area contributed by atoms with Crippen molar-refractivity contribution >= 4 is 11.3 Å². The van der Waals surface area contributed by atoms with Gasteiger partial charge in [0.2, 0.25) is 0 Å². The van der Waals surface area contributed by atoms with E-state index in [0.29, 0.717) is 17.6 Å². The van der Waals surface area contributed by atoms with Gasteiger partial charge < -0.3 is 5.32 Å². The molecule has 1 aliphatic heterocycles. The van der Waals surface area contributed by atoms with Gasteiger partial charge in [-0.3, -0.25) is 4.90 Å². The first-order valence-electron chi connectivity index (χ1n) is 5.43. The van der Waals surface area contributed by atoms with E-state index in [9.17, 15) is 13.2 Å². The molecule has 1 aromatic rings. The minimum atomic E-state index is -4.27. The molecular weight excluding hydrogens is 251 g/mol. The Morgan fingerprint density at radius 1 is 1.59 bits per heavy atom. The Kier molecular flexibility index (Phi) is 3.70. The Hall–Kier alpha value is -0.660. The zero-order valence-corrected chi connectivity index (χ0v) is 10.2. The van der Waals surface area contributed by atoms with Crippen LogP contribution in [0.3, 0.4) is 0 Å². The quantitative estimate of drug-likeness (QED) is 0.886. The van der Waals surface area contributed by atoms with Crippen LogP contribution < -0.4 is 5.32 Å². The maximum atomic E-state index is 12.4. The first kappa shape index (κ1) is 12.8. The molecule has 1 saturated heterocycles. The number of piperazine rings is 1. The maximum Gasteiger partial charge on any atom is 0.427 e. The molecule has 0 unspecified atom stereocenters. The Balaban J connectivity index is 2.01. The summed E-state index contributed by atoms with van der Waals surface area (Å²) >= 11 is 0.737. The van der Waals surface area contributed by atoms with Crippen LogP contribution in [0.2, 0.25) is 0 Å². The molecule has 0 spiro atoms. The highest BCUT2D eigenvalue weighted by molar-refractivity contribution is 7.11. The number of nitrogens with zero attached hydrogens (tertiary/aromatic N) is 2. The van der Waals surface area contributed by atoms with E-state index in [1.165, 1.54) is 0 Å². The lowest BCUT2D eigenvalue weighted by Crippen LogP contribution is -2.49. The highest BCUT2D eigenvalue weighted by Gasteiger charge is 2.33. The topological polar surface area (TPSA) is 28.2 Å². The van der Waals surface area contributed by atoms with Crippen molar-refractivity contribution in [2.24, 2.45) is 0 Å². The van der Waals surface area contributed by atoms with Crippen molar-refractivity contribution in [3.8, 4) is 0 Å². The van der Waals surface area contributed by atoms with Gasteiger partial charge in [-0.05, 0) is 6.92 Å². The van der Waals surface area contributed by atoms with E-state index in [2.05, 4.69) is 22.1 Å². The summed E-state index contributed by atoms with van der Waals surface area (Å²) < 4.78 is 37.2. The molecule has 1 fully saturated rings. The first-order valence-corrected chi connectivity index (χ1v) is 6.25. The number of hydrogen-bond donors (Lipinski definition) is 1. The molecule has 1 atom stereocenters. The lowest BCUT2D eigenvalue weighted by molar-refractivity contribution is -0.134. The van der Waals surface area contributed by atoms with E-state index in [1.54, 1.807) is 0 Å². The fourth-order valence-electron chi connectivity index (χ4n) is 1.81. The van der Waals surface area contributed by atoms with Crippen LogP contribution in [0.5, 0.6) is 0 Å². The second kappa shape index (κ2) is 4.91. The molecule has 2 heterocycles. The fraction of sp³-hybridized carbons (Fsp3) is 0.700. The summed E-state index contributed by atoms with van der Waals surface area (Å²) in [5.74, 6) is 0. The molecule has 0 aromatic carbocycles. The lowest BCUT2D eigenvalue weighted by atomic mass is 10.2. The van der Waals surface area contributed by atoms with Gasteiger partial charge in [0.05, 0.1) is 12.7 Å². The summed E-state index contributed by atoms with van der Waals surface area (Å²) in [5, 5.41) is 3.77. The number of thiazole rings is 1. The van der Waals surface area contributed by atoms with Crippen LogP contribution in [0.25, 0.3) is 0 Å². The second-order valence-corrected chi connectivity index (χ2v) is 5.25. The fourth-order valence-corrected chi connectivity index (χ4v) is 2.62. The molecule has 1 aliphatic rings. The van der Waals surface area contributed by atoms with Crippen LogP contribution in [0.4, 0.5) is 13.2 Å². The Bertz CT molecular complexity index is 377. The smallest absolute Gasteiger partial charge is 0.314 e. The number of nitrogens with one attached hydrogen (secondary N) is 1. The average molecular weight is 265 g/mol. The van der Waals surface area contributed by atoms with E-state index < -0.39 is 11.1 Å². The highest BCUT2D eigenvalue weighted by Crippen LogP contribution is 2.33. The van der Waals surface area contributed by atoms with Gasteiger partial charge in [0, 0.05) is 25.7 Å². The van der Waals surface area contributed by atoms with Gasteiger partial charge in [0.1, 0.15) is 9.88 Å². The van der Waals surface area contributed by atoms with Crippen molar-refractivity contribution in [3.05, 3.63) is 16.1 Å². The van der Waals surface area contributed by atoms with Crippen LogP contribution in [-0.2, 0) is 12.7 Å². The summed E-state index contributed by atoms with van der Waals surface area (Å²) in [4.78, 5) is 5.38. The van der Waals surface area contributed by atoms with Gasteiger partial charge in [0.15, 0.2) is 0 Å². The molecule has 0 saturated carbocycles. The summed E-state index contributed by atoms with van der Waals surface area (Å²) in [5.41, 5.74) is 0. The number of hydrogen-bond acceptors (Lipinski definition) is 4. The maximum absolute atomic E-state index is 12.4. The third-order valence-electron chi connectivity index (χ3n) is 2.81. The Morgan fingerprint density at radius 2 is 2.35 bits per heavy atom. The Morgan fingerprint density at radius 3 is 2.94 bits per heavy atom. The minimum absolute atomic E-state index is 0.335. The SMILES string of the molecule is C[C@H]1CNCCN1Cc1ncc(C(F)(F)F)s1. The van der Waals surface area contributed by atoms with Crippen LogP contribution >= 0.6 is 11.3 Å². The summed E-state index contributed by atoms with van der Waals surface area (Å²) in [6.45, 7) is 5.16. The van der Waals surface area contributed by atoms with Gasteiger partial charge in [-0.2, -0.15) is 13.2 Å². The van der Waals surface area contributed by atoms with Crippen molar-refractivity contribution in [1.29, 1.82) is 0 Å². The van der Waals surface area contributed by atoms with Crippen molar-refractivity contribution in [3.63, 3.8) is 0 Å². The number of rotatable bonds is 2. The van der Waals surface area contributed by atoms with Crippen molar-refractivity contribution in [2.45, 2.75) is 25.7 Å². The van der Waals surface area contributed by atoms with E-state index in [-0.39, 0.29) is 0 Å². The van der Waals surface area contributed by atoms with Gasteiger partial charge in [-0.25, -0.2) is 4.98 Å². The molecule has 1 aromatic heterocycles. The summed E-state index contributed by atoms with van der Waals surface area (Å²) in [6, 6.07) is 0.335. The zero-order chi connectivity index (χ0) is 12.5. The molecule has 96 valence electrons. The van der Waals surface area contributed by atoms with Crippen molar-refractivity contribution in [2.75, 3.05) is 19.6 Å². The van der Waals surface area contributed by atoms with Gasteiger partial charge in [0.25, 0.3) is 0 Å². The molecule has 1 N–H and O–H groups in total. The van der Waals surface area contributed by atoms with E-state index in [1.807, 2.05) is 0 Å². The molecule has 0 amide bonds. The second-order valence-electron chi connectivity index (χ2n) is 4.14. The lowest BCUT2D eigenvalue weighted by Gasteiger charge is -2.33. The number of aromatic nitrogens is 1. The highest BCUT2D eigenvalue weighted by atomic mass is 32.1. The van der Waals surface area contributed by atoms with Crippen molar-refractivity contribution < 1.29 is 13.2 Å². The molecule has 3 nitrogen and oxygen atoms in total. The third kappa shape index (κ3) is 3.17. The first-order chi connectivity index (χ1) is 7.97. The minimum Gasteiger partial charge on any atom is -0.314 e. The van der Waals surface area contributed by atoms with E-state index in [4.69, 9.17) is 0 Å². The summed E-state index contributed by atoms with van der Waals surface area (Å²) in [7, 11) is 0. The van der Waals surface area contributed by atoms with Gasteiger partial charge in [-0.15, -0.1) is 11.3 Å². The van der Waals surface area contributed by atoms with Crippen LogP contribution in [0, 0.1) is 0 Å². The standard InChI is InChI=1S/C10H14F3N3S/c1-7-4-14-2-3-16(7)6-9-15-5-8(17-9)10(11,12)13/h5,7,14H,2-4,6H2,1H3/t7-/m0/s1. The number of halogens is 3. The predicted octanol–water partition coefficient (Wildman–Crippen LogP) is 1.96. The molecule has 2 rings (SSSR count). The molecule has 7 heteroatoms. The molecule has 0 bridgehead atoms. The van der Waals surface area contributed by atoms with Gasteiger partial charge in [-0.1, -0.05) is 0 Å². The van der Waals surface area contributed by atoms with Crippen LogP contribution in [0.1, 0.15) is 16.8 Å². The van der Waals surface area contributed by atoms with E-state index in [0.717, 1.165) is 37.2 Å². The van der Waals surface area contributed by atoms with Crippen LogP contribution in [0.15, 0.2) is 6.20 Å². The largest absolute Gasteiger partial charge is 0.427 e. The molecular formula is C10H14F3N3S. The normalized spacial score (nSPS) is 22.9. The number of alkyl halides is 3. The molecule has 0 aliphatic carbocycles. The van der Waals surface area contributed by atoms with E-state index >= 15 is 0 Å². The third-order valence-corrected chi connectivity index (χ3v) is 3.84. The van der Waals surface area contributed by atoms with Crippen LogP contribution in [-0.4, -0.2) is 35.6 Å². The van der Waals surface area contributed by atoms with Crippen molar-refractivity contribution in [1.82, 2.24) is 15.2 Å². The molecule has 17 heavy (non-hydrogen) atoms. The van der Waals surface area contributed by atoms with Gasteiger partial charge >= 0.3 is 6.18 Å². The Labute approximate surface area is 102 Å². The average Bonchev–Trinajstić information content (AvgIpc) is 2.69. The molecule has 0 radical (unpaired) electrons. The summed E-state index contributed by atoms with van der Waals surface area (Å²) in [6.07, 6.45) is -3.35. The predicted molar refractivity (Wildman–Crippen MR) is 59.9 cm³/mol.